The van der Waals surface area contributed by atoms with Crippen LogP contribution in [0.15, 0.2) is 36.4 Å². The Bertz CT molecular complexity index is 866. The Kier molecular flexibility index (Phi) is 11.0. The molecular weight excluding hydrogens is 442 g/mol. The molecule has 1 amide bonds. The van der Waals surface area contributed by atoms with Crippen LogP contribution in [0.1, 0.15) is 50.7 Å². The van der Waals surface area contributed by atoms with Gasteiger partial charge in [-0.05, 0) is 40.8 Å². The molecule has 0 bridgehead atoms. The predicted octanol–water partition coefficient (Wildman–Crippen LogP) is 5.92. The van der Waals surface area contributed by atoms with E-state index in [2.05, 4.69) is 38.3 Å². The fraction of sp³-hybridized carbons (Fsp3) is 0.391. The standard InChI is InChI=1S/C17H15Cl2FN2O.C5H12.CH2O2/c18-11-3-1-2-10(4-11)13-7-21-8-14(13)12-5-16(20)15(19)6-17(12)22-9-23;1-5(2,3)4;2-1-3/h1-6,9,13-14,21H,7-8H2,(H,22,23);1-4H3;1H,(H,2,3). The van der Waals surface area contributed by atoms with E-state index in [9.17, 15) is 9.18 Å². The van der Waals surface area contributed by atoms with Gasteiger partial charge in [0.05, 0.1) is 5.02 Å². The van der Waals surface area contributed by atoms with Gasteiger partial charge in [0.25, 0.3) is 6.47 Å². The van der Waals surface area contributed by atoms with Crippen molar-refractivity contribution in [2.75, 3.05) is 18.4 Å². The van der Waals surface area contributed by atoms with Crippen LogP contribution in [0.25, 0.3) is 0 Å². The summed E-state index contributed by atoms with van der Waals surface area (Å²) in [5.74, 6) is -0.334. The van der Waals surface area contributed by atoms with Crippen molar-refractivity contribution in [2.24, 2.45) is 5.41 Å². The Labute approximate surface area is 192 Å². The van der Waals surface area contributed by atoms with Crippen LogP contribution in [-0.4, -0.2) is 31.1 Å². The second kappa shape index (κ2) is 12.6. The molecule has 2 atom stereocenters. The van der Waals surface area contributed by atoms with Crippen molar-refractivity contribution in [3.8, 4) is 0 Å². The SMILES string of the molecule is CC(C)(C)C.O=CNc1cc(Cl)c(F)cc1C1CNCC1c1cccc(Cl)c1.O=CO. The zero-order valence-electron chi connectivity index (χ0n) is 18.1. The molecule has 3 N–H and O–H groups in total. The van der Waals surface area contributed by atoms with E-state index in [1.807, 2.05) is 24.3 Å². The molecular formula is C23H29Cl2FN2O3. The van der Waals surface area contributed by atoms with Gasteiger partial charge in [-0.3, -0.25) is 9.59 Å². The number of amides is 1. The molecule has 0 radical (unpaired) electrons. The average Bonchev–Trinajstić information content (AvgIpc) is 3.14. The molecule has 2 aromatic rings. The van der Waals surface area contributed by atoms with Crippen molar-refractivity contribution in [2.45, 2.75) is 39.5 Å². The Morgan fingerprint density at radius 1 is 1.10 bits per heavy atom. The van der Waals surface area contributed by atoms with E-state index in [4.69, 9.17) is 33.1 Å². The topological polar surface area (TPSA) is 78.4 Å². The van der Waals surface area contributed by atoms with E-state index in [0.29, 0.717) is 29.1 Å². The number of hydrogen-bond acceptors (Lipinski definition) is 3. The second-order valence-electron chi connectivity index (χ2n) is 8.65. The predicted molar refractivity (Wildman–Crippen MR) is 125 cm³/mol. The van der Waals surface area contributed by atoms with Crippen molar-refractivity contribution in [1.29, 1.82) is 0 Å². The largest absolute Gasteiger partial charge is 0.483 e. The molecule has 5 nitrogen and oxygen atoms in total. The Hall–Kier alpha value is -2.15. The van der Waals surface area contributed by atoms with Crippen molar-refractivity contribution >= 4 is 41.8 Å². The van der Waals surface area contributed by atoms with Crippen molar-refractivity contribution in [3.05, 3.63) is 63.4 Å². The fourth-order valence-corrected chi connectivity index (χ4v) is 3.51. The van der Waals surface area contributed by atoms with Crippen molar-refractivity contribution < 1.29 is 19.1 Å². The van der Waals surface area contributed by atoms with Crippen LogP contribution in [0.5, 0.6) is 0 Å². The lowest BCUT2D eigenvalue weighted by Gasteiger charge is -2.22. The third-order valence-electron chi connectivity index (χ3n) is 4.20. The first-order chi connectivity index (χ1) is 14.5. The van der Waals surface area contributed by atoms with Crippen molar-refractivity contribution in [3.63, 3.8) is 0 Å². The summed E-state index contributed by atoms with van der Waals surface area (Å²) in [7, 11) is 0. The lowest BCUT2D eigenvalue weighted by molar-refractivity contribution is -0.122. The zero-order chi connectivity index (χ0) is 23.6. The van der Waals surface area contributed by atoms with E-state index in [-0.39, 0.29) is 23.3 Å². The third kappa shape index (κ3) is 9.25. The summed E-state index contributed by atoms with van der Waals surface area (Å²) in [4.78, 5) is 19.2. The fourth-order valence-electron chi connectivity index (χ4n) is 3.15. The first kappa shape index (κ1) is 26.9. The van der Waals surface area contributed by atoms with E-state index in [1.165, 1.54) is 12.1 Å². The van der Waals surface area contributed by atoms with E-state index < -0.39 is 5.82 Å². The van der Waals surface area contributed by atoms with Crippen LogP contribution in [0.3, 0.4) is 0 Å². The molecule has 3 rings (SSSR count). The summed E-state index contributed by atoms with van der Waals surface area (Å²) in [5, 5.41) is 13.5. The highest BCUT2D eigenvalue weighted by molar-refractivity contribution is 6.31. The lowest BCUT2D eigenvalue weighted by atomic mass is 9.83. The van der Waals surface area contributed by atoms with Gasteiger partial charge in [0, 0.05) is 35.6 Å². The molecule has 1 saturated heterocycles. The number of carboxylic acid groups (broad SMARTS) is 1. The van der Waals surface area contributed by atoms with Gasteiger partial charge in [0.2, 0.25) is 6.41 Å². The van der Waals surface area contributed by atoms with E-state index >= 15 is 0 Å². The van der Waals surface area contributed by atoms with Gasteiger partial charge in [0.15, 0.2) is 0 Å². The van der Waals surface area contributed by atoms with Crippen LogP contribution in [0, 0.1) is 11.2 Å². The molecule has 1 aliphatic heterocycles. The average molecular weight is 471 g/mol. The van der Waals surface area contributed by atoms with Gasteiger partial charge in [-0.15, -0.1) is 0 Å². The number of benzene rings is 2. The molecule has 31 heavy (non-hydrogen) atoms. The number of carbonyl (C=O) groups is 2. The first-order valence-corrected chi connectivity index (χ1v) is 10.5. The van der Waals surface area contributed by atoms with Gasteiger partial charge in [-0.1, -0.05) is 63.0 Å². The Morgan fingerprint density at radius 2 is 1.68 bits per heavy atom. The first-order valence-electron chi connectivity index (χ1n) is 9.75. The third-order valence-corrected chi connectivity index (χ3v) is 4.72. The highest BCUT2D eigenvalue weighted by Crippen LogP contribution is 2.41. The minimum absolute atomic E-state index is 0.0108. The second-order valence-corrected chi connectivity index (χ2v) is 9.49. The molecule has 0 aromatic heterocycles. The molecule has 0 spiro atoms. The van der Waals surface area contributed by atoms with Crippen molar-refractivity contribution in [1.82, 2.24) is 5.32 Å². The molecule has 1 aliphatic rings. The summed E-state index contributed by atoms with van der Waals surface area (Å²) >= 11 is 11.9. The van der Waals surface area contributed by atoms with Crippen LogP contribution in [0.2, 0.25) is 10.0 Å². The molecule has 1 heterocycles. The number of hydrogen-bond donors (Lipinski definition) is 3. The molecule has 2 unspecified atom stereocenters. The van der Waals surface area contributed by atoms with Gasteiger partial charge >= 0.3 is 0 Å². The van der Waals surface area contributed by atoms with Crippen LogP contribution < -0.4 is 10.6 Å². The summed E-state index contributed by atoms with van der Waals surface area (Å²) in [6.07, 6.45) is 0.573. The molecule has 0 aliphatic carbocycles. The number of rotatable bonds is 4. The van der Waals surface area contributed by atoms with Gasteiger partial charge in [-0.2, -0.15) is 0 Å². The maximum Gasteiger partial charge on any atom is 0.290 e. The summed E-state index contributed by atoms with van der Waals surface area (Å²) in [6, 6.07) is 10.5. The minimum atomic E-state index is -0.491. The van der Waals surface area contributed by atoms with Crippen LogP contribution in [0.4, 0.5) is 10.1 Å². The molecule has 0 saturated carbocycles. The summed E-state index contributed by atoms with van der Waals surface area (Å²) in [5.41, 5.74) is 2.85. The minimum Gasteiger partial charge on any atom is -0.483 e. The molecule has 2 aromatic carbocycles. The van der Waals surface area contributed by atoms with Gasteiger partial charge in [0.1, 0.15) is 5.82 Å². The normalized spacial score (nSPS) is 17.5. The molecule has 170 valence electrons. The highest BCUT2D eigenvalue weighted by atomic mass is 35.5. The Morgan fingerprint density at radius 3 is 2.23 bits per heavy atom. The molecule has 8 heteroatoms. The lowest BCUT2D eigenvalue weighted by Crippen LogP contribution is -2.12. The Balaban J connectivity index is 0.000000519. The smallest absolute Gasteiger partial charge is 0.290 e. The monoisotopic (exact) mass is 470 g/mol. The van der Waals surface area contributed by atoms with Gasteiger partial charge < -0.3 is 15.7 Å². The quantitative estimate of drug-likeness (QED) is 0.484. The number of halogens is 3. The van der Waals surface area contributed by atoms with Crippen LogP contribution >= 0.6 is 23.2 Å². The summed E-state index contributed by atoms with van der Waals surface area (Å²) in [6.45, 7) is 9.95. The number of anilines is 1. The maximum absolute atomic E-state index is 14.0. The van der Waals surface area contributed by atoms with E-state index in [1.54, 1.807) is 0 Å². The maximum atomic E-state index is 14.0. The molecule has 1 fully saturated rings. The highest BCUT2D eigenvalue weighted by Gasteiger charge is 2.32. The zero-order valence-corrected chi connectivity index (χ0v) is 19.6. The number of nitrogens with one attached hydrogen (secondary N) is 2. The number of carbonyl (C=O) groups excluding carboxylic acids is 1. The van der Waals surface area contributed by atoms with Crippen LogP contribution in [-0.2, 0) is 9.59 Å². The summed E-state index contributed by atoms with van der Waals surface area (Å²) < 4.78 is 14.0. The van der Waals surface area contributed by atoms with E-state index in [0.717, 1.165) is 17.7 Å². The van der Waals surface area contributed by atoms with Gasteiger partial charge in [-0.25, -0.2) is 4.39 Å².